The highest BCUT2D eigenvalue weighted by atomic mass is 16.5. The van der Waals surface area contributed by atoms with Gasteiger partial charge in [0, 0.05) is 23.1 Å². The van der Waals surface area contributed by atoms with Crippen LogP contribution >= 0.6 is 0 Å². The van der Waals surface area contributed by atoms with Crippen LogP contribution in [0.2, 0.25) is 0 Å². The van der Waals surface area contributed by atoms with Gasteiger partial charge in [-0.15, -0.1) is 0 Å². The van der Waals surface area contributed by atoms with E-state index in [0.717, 1.165) is 5.56 Å². The van der Waals surface area contributed by atoms with Crippen molar-refractivity contribution in [3.63, 3.8) is 0 Å². The van der Waals surface area contributed by atoms with Gasteiger partial charge in [-0.3, -0.25) is 4.79 Å². The lowest BCUT2D eigenvalue weighted by atomic mass is 10.00. The number of hydrogen-bond donors (Lipinski definition) is 0. The summed E-state index contributed by atoms with van der Waals surface area (Å²) in [6, 6.07) is 16.8. The van der Waals surface area contributed by atoms with Crippen LogP contribution in [-0.4, -0.2) is 18.9 Å². The minimum absolute atomic E-state index is 0.0881. The molecule has 3 heteroatoms. The molecule has 0 amide bonds. The van der Waals surface area contributed by atoms with Crippen LogP contribution in [0.3, 0.4) is 0 Å². The summed E-state index contributed by atoms with van der Waals surface area (Å²) >= 11 is 0. The maximum absolute atomic E-state index is 12.6. The Kier molecular flexibility index (Phi) is 3.40. The lowest BCUT2D eigenvalue weighted by Gasteiger charge is -2.06. The number of benzene rings is 2. The number of methoxy groups -OCH3 is 1. The Balaban J connectivity index is 2.11. The zero-order valence-corrected chi connectivity index (χ0v) is 11.6. The van der Waals surface area contributed by atoms with Crippen LogP contribution in [0, 0.1) is 0 Å². The number of ether oxygens (including phenoxy) is 1. The van der Waals surface area contributed by atoms with Gasteiger partial charge in [-0.05, 0) is 5.56 Å². The van der Waals surface area contributed by atoms with Crippen LogP contribution in [0.25, 0.3) is 5.57 Å². The van der Waals surface area contributed by atoms with Crippen LogP contribution < -0.4 is 0 Å². The topological polar surface area (TPSA) is 43.4 Å². The van der Waals surface area contributed by atoms with Crippen molar-refractivity contribution >= 4 is 17.3 Å². The number of ketones is 1. The number of rotatable bonds is 3. The molecular formula is C18H14O3. The van der Waals surface area contributed by atoms with Gasteiger partial charge < -0.3 is 4.74 Å². The van der Waals surface area contributed by atoms with Gasteiger partial charge >= 0.3 is 5.97 Å². The summed E-state index contributed by atoms with van der Waals surface area (Å²) in [6.07, 6.45) is 0.429. The zero-order chi connectivity index (χ0) is 14.8. The standard InChI is InChI=1S/C18H14O3/c1-21-18(20)16-13-9-5-6-10-14(13)17(19)15(16)11-12-7-3-2-4-8-12/h2-10H,11H2,1H3. The lowest BCUT2D eigenvalue weighted by molar-refractivity contribution is -0.133. The Labute approximate surface area is 122 Å². The third kappa shape index (κ3) is 2.27. The molecule has 0 aliphatic heterocycles. The Morgan fingerprint density at radius 2 is 1.57 bits per heavy atom. The highest BCUT2D eigenvalue weighted by molar-refractivity contribution is 6.33. The van der Waals surface area contributed by atoms with Crippen molar-refractivity contribution in [2.45, 2.75) is 6.42 Å². The van der Waals surface area contributed by atoms with E-state index in [1.165, 1.54) is 7.11 Å². The molecule has 0 atom stereocenters. The molecule has 0 fully saturated rings. The zero-order valence-electron chi connectivity index (χ0n) is 11.6. The van der Waals surface area contributed by atoms with Crippen LogP contribution in [0.4, 0.5) is 0 Å². The Morgan fingerprint density at radius 1 is 0.952 bits per heavy atom. The lowest BCUT2D eigenvalue weighted by Crippen LogP contribution is -2.07. The Morgan fingerprint density at radius 3 is 2.24 bits per heavy atom. The molecule has 0 unspecified atom stereocenters. The smallest absolute Gasteiger partial charge is 0.338 e. The molecule has 3 nitrogen and oxygen atoms in total. The van der Waals surface area contributed by atoms with Crippen molar-refractivity contribution in [2.75, 3.05) is 7.11 Å². The minimum atomic E-state index is -0.459. The van der Waals surface area contributed by atoms with Gasteiger partial charge in [-0.1, -0.05) is 54.6 Å². The molecule has 0 radical (unpaired) electrons. The number of esters is 1. The molecule has 2 aromatic rings. The van der Waals surface area contributed by atoms with Crippen LogP contribution in [-0.2, 0) is 16.0 Å². The second-order valence-corrected chi connectivity index (χ2v) is 4.88. The first-order valence-corrected chi connectivity index (χ1v) is 6.72. The first-order valence-electron chi connectivity index (χ1n) is 6.72. The molecule has 0 saturated carbocycles. The van der Waals surface area contributed by atoms with E-state index in [4.69, 9.17) is 4.74 Å². The summed E-state index contributed by atoms with van der Waals surface area (Å²) in [6.45, 7) is 0. The maximum Gasteiger partial charge on any atom is 0.338 e. The predicted molar refractivity (Wildman–Crippen MR) is 79.9 cm³/mol. The second kappa shape index (κ2) is 5.37. The van der Waals surface area contributed by atoms with Gasteiger partial charge in [-0.25, -0.2) is 4.79 Å². The van der Waals surface area contributed by atoms with Crippen molar-refractivity contribution in [2.24, 2.45) is 0 Å². The molecule has 1 aliphatic carbocycles. The monoisotopic (exact) mass is 278 g/mol. The number of carbonyl (C=O) groups is 2. The predicted octanol–water partition coefficient (Wildman–Crippen LogP) is 3.05. The summed E-state index contributed by atoms with van der Waals surface area (Å²) in [5.41, 5.74) is 3.13. The van der Waals surface area contributed by atoms with Crippen molar-refractivity contribution in [1.82, 2.24) is 0 Å². The van der Waals surface area contributed by atoms with E-state index in [0.29, 0.717) is 28.7 Å². The van der Waals surface area contributed by atoms with Gasteiger partial charge in [0.15, 0.2) is 5.78 Å². The molecule has 0 heterocycles. The summed E-state index contributed by atoms with van der Waals surface area (Å²) in [4.78, 5) is 24.7. The van der Waals surface area contributed by atoms with E-state index in [2.05, 4.69) is 0 Å². The SMILES string of the molecule is COC(=O)C1=C(Cc2ccccc2)C(=O)c2ccccc21. The molecule has 0 spiro atoms. The Bertz CT molecular complexity index is 742. The highest BCUT2D eigenvalue weighted by Gasteiger charge is 2.33. The summed E-state index contributed by atoms with van der Waals surface area (Å²) in [5, 5.41) is 0. The fraction of sp³-hybridized carbons (Fsp3) is 0.111. The molecule has 2 aromatic carbocycles. The van der Waals surface area contributed by atoms with Crippen molar-refractivity contribution in [3.05, 3.63) is 76.9 Å². The first-order chi connectivity index (χ1) is 10.2. The summed E-state index contributed by atoms with van der Waals surface area (Å²) < 4.78 is 4.86. The maximum atomic E-state index is 12.6. The largest absolute Gasteiger partial charge is 0.465 e. The van der Waals surface area contributed by atoms with E-state index in [9.17, 15) is 9.59 Å². The number of fused-ring (bicyclic) bond motifs is 1. The molecular weight excluding hydrogens is 264 g/mol. The fourth-order valence-electron chi connectivity index (χ4n) is 2.64. The summed E-state index contributed by atoms with van der Waals surface area (Å²) in [5.74, 6) is -0.547. The molecule has 0 saturated heterocycles. The molecule has 0 aromatic heterocycles. The average molecular weight is 278 g/mol. The van der Waals surface area contributed by atoms with E-state index < -0.39 is 5.97 Å². The quantitative estimate of drug-likeness (QED) is 0.810. The normalized spacial score (nSPS) is 13.3. The summed E-state index contributed by atoms with van der Waals surface area (Å²) in [7, 11) is 1.33. The first kappa shape index (κ1) is 13.3. The van der Waals surface area contributed by atoms with Gasteiger partial charge in [0.2, 0.25) is 0 Å². The van der Waals surface area contributed by atoms with Gasteiger partial charge in [0.05, 0.1) is 12.7 Å². The third-order valence-corrected chi connectivity index (χ3v) is 3.63. The van der Waals surface area contributed by atoms with E-state index in [1.54, 1.807) is 18.2 Å². The van der Waals surface area contributed by atoms with E-state index >= 15 is 0 Å². The number of hydrogen-bond acceptors (Lipinski definition) is 3. The van der Waals surface area contributed by atoms with E-state index in [1.807, 2.05) is 36.4 Å². The molecule has 21 heavy (non-hydrogen) atoms. The molecule has 104 valence electrons. The minimum Gasteiger partial charge on any atom is -0.465 e. The molecule has 0 bridgehead atoms. The van der Waals surface area contributed by atoms with E-state index in [-0.39, 0.29) is 5.78 Å². The average Bonchev–Trinajstić information content (AvgIpc) is 2.81. The molecule has 3 rings (SSSR count). The highest BCUT2D eigenvalue weighted by Crippen LogP contribution is 2.35. The van der Waals surface area contributed by atoms with Gasteiger partial charge in [-0.2, -0.15) is 0 Å². The van der Waals surface area contributed by atoms with Crippen LogP contribution in [0.15, 0.2) is 60.2 Å². The second-order valence-electron chi connectivity index (χ2n) is 4.88. The molecule has 0 N–H and O–H groups in total. The number of carbonyl (C=O) groups excluding carboxylic acids is 2. The third-order valence-electron chi connectivity index (χ3n) is 3.63. The van der Waals surface area contributed by atoms with Crippen LogP contribution in [0.1, 0.15) is 21.5 Å². The Hall–Kier alpha value is -2.68. The van der Waals surface area contributed by atoms with Crippen LogP contribution in [0.5, 0.6) is 0 Å². The fourth-order valence-corrected chi connectivity index (χ4v) is 2.64. The number of Topliss-reactive ketones (excluding diaryl/α,β-unsaturated/α-hetero) is 1. The number of allylic oxidation sites excluding steroid dienone is 1. The van der Waals surface area contributed by atoms with Crippen molar-refractivity contribution in [3.8, 4) is 0 Å². The van der Waals surface area contributed by atoms with Gasteiger partial charge in [0.1, 0.15) is 0 Å². The van der Waals surface area contributed by atoms with Crippen molar-refractivity contribution < 1.29 is 14.3 Å². The van der Waals surface area contributed by atoms with Crippen molar-refractivity contribution in [1.29, 1.82) is 0 Å². The molecule has 1 aliphatic rings. The van der Waals surface area contributed by atoms with Gasteiger partial charge in [0.25, 0.3) is 0 Å².